The summed E-state index contributed by atoms with van der Waals surface area (Å²) >= 11 is 0. The summed E-state index contributed by atoms with van der Waals surface area (Å²) in [4.78, 5) is 12.5. The van der Waals surface area contributed by atoms with Crippen molar-refractivity contribution in [1.82, 2.24) is 5.32 Å². The van der Waals surface area contributed by atoms with Gasteiger partial charge in [-0.15, -0.1) is 0 Å². The van der Waals surface area contributed by atoms with Gasteiger partial charge in [0, 0.05) is 6.42 Å². The van der Waals surface area contributed by atoms with E-state index in [9.17, 15) is 15.0 Å². The lowest BCUT2D eigenvalue weighted by Gasteiger charge is -2.22. The number of unbranched alkanes of at least 4 members (excludes halogenated alkanes) is 40. The third-order valence-corrected chi connectivity index (χ3v) is 14.3. The van der Waals surface area contributed by atoms with Crippen LogP contribution in [0.3, 0.4) is 0 Å². The topological polar surface area (TPSA) is 69.6 Å². The number of rotatable bonds is 57. The van der Waals surface area contributed by atoms with Crippen LogP contribution in [0.2, 0.25) is 0 Å². The number of amides is 1. The van der Waals surface area contributed by atoms with Crippen LogP contribution in [0.5, 0.6) is 0 Å². The highest BCUT2D eigenvalue weighted by Gasteiger charge is 2.20. The fourth-order valence-electron chi connectivity index (χ4n) is 9.63. The van der Waals surface area contributed by atoms with Gasteiger partial charge in [0.25, 0.3) is 0 Å². The number of carbonyl (C=O) groups is 1. The Bertz CT molecular complexity index is 1140. The molecule has 4 nitrogen and oxygen atoms in total. The van der Waals surface area contributed by atoms with E-state index in [4.69, 9.17) is 0 Å². The lowest BCUT2D eigenvalue weighted by molar-refractivity contribution is -0.123. The van der Waals surface area contributed by atoms with Gasteiger partial charge in [0.05, 0.1) is 18.8 Å². The minimum atomic E-state index is -0.664. The number of allylic oxidation sites excluding steroid dienone is 10. The largest absolute Gasteiger partial charge is 0.394 e. The highest BCUT2D eigenvalue weighted by Crippen LogP contribution is 2.18. The molecular weight excluding hydrogens is 843 g/mol. The Kier molecular flexibility index (Phi) is 58.7. The van der Waals surface area contributed by atoms with Crippen LogP contribution in [0.25, 0.3) is 0 Å². The van der Waals surface area contributed by atoms with Crippen molar-refractivity contribution in [2.75, 3.05) is 6.61 Å². The molecule has 0 aromatic heterocycles. The zero-order valence-corrected chi connectivity index (χ0v) is 46.6. The van der Waals surface area contributed by atoms with E-state index in [1.165, 1.54) is 244 Å². The van der Waals surface area contributed by atoms with Gasteiger partial charge in [0.2, 0.25) is 5.91 Å². The predicted molar refractivity (Wildman–Crippen MR) is 308 cm³/mol. The van der Waals surface area contributed by atoms with Crippen molar-refractivity contribution in [1.29, 1.82) is 0 Å². The molecule has 0 spiro atoms. The van der Waals surface area contributed by atoms with Gasteiger partial charge in [-0.05, 0) is 57.8 Å². The van der Waals surface area contributed by atoms with Gasteiger partial charge >= 0.3 is 0 Å². The molecule has 4 heteroatoms. The van der Waals surface area contributed by atoms with Gasteiger partial charge in [0.1, 0.15) is 0 Å². The van der Waals surface area contributed by atoms with Crippen molar-refractivity contribution in [3.63, 3.8) is 0 Å². The molecule has 0 saturated carbocycles. The maximum Gasteiger partial charge on any atom is 0.220 e. The van der Waals surface area contributed by atoms with Gasteiger partial charge in [-0.1, -0.05) is 325 Å². The van der Waals surface area contributed by atoms with Crippen LogP contribution in [0.4, 0.5) is 0 Å². The van der Waals surface area contributed by atoms with Crippen LogP contribution in [0.1, 0.15) is 328 Å². The minimum absolute atomic E-state index is 0.0299. The van der Waals surface area contributed by atoms with Gasteiger partial charge in [-0.25, -0.2) is 0 Å². The first-order valence-corrected chi connectivity index (χ1v) is 31.0. The van der Waals surface area contributed by atoms with Crippen LogP contribution in [-0.4, -0.2) is 34.9 Å². The van der Waals surface area contributed by atoms with Crippen LogP contribution in [-0.2, 0) is 4.79 Å². The number of hydrogen-bond donors (Lipinski definition) is 3. The second-order valence-electron chi connectivity index (χ2n) is 21.1. The van der Waals surface area contributed by atoms with Crippen molar-refractivity contribution in [3.05, 3.63) is 60.8 Å². The third kappa shape index (κ3) is 56.9. The number of nitrogens with one attached hydrogen (secondary N) is 1. The molecule has 0 radical (unpaired) electrons. The minimum Gasteiger partial charge on any atom is -0.394 e. The Hall–Kier alpha value is -1.91. The highest BCUT2D eigenvalue weighted by molar-refractivity contribution is 5.76. The zero-order valence-electron chi connectivity index (χ0n) is 46.6. The average Bonchev–Trinajstić information content (AvgIpc) is 3.35. The predicted octanol–water partition coefficient (Wildman–Crippen LogP) is 20.8. The van der Waals surface area contributed by atoms with Crippen molar-refractivity contribution < 1.29 is 15.0 Å². The van der Waals surface area contributed by atoms with E-state index in [2.05, 4.69) is 79.9 Å². The molecule has 0 heterocycles. The van der Waals surface area contributed by atoms with Crippen LogP contribution in [0, 0.1) is 0 Å². The number of carbonyl (C=O) groups excluding carboxylic acids is 1. The summed E-state index contributed by atoms with van der Waals surface area (Å²) in [6.07, 6.45) is 85.2. The summed E-state index contributed by atoms with van der Waals surface area (Å²) in [6.45, 7) is 4.28. The van der Waals surface area contributed by atoms with Gasteiger partial charge < -0.3 is 15.5 Å². The molecule has 404 valence electrons. The first-order valence-electron chi connectivity index (χ1n) is 31.0. The summed E-state index contributed by atoms with van der Waals surface area (Å²) in [5.74, 6) is -0.0299. The monoisotopic (exact) mass is 964 g/mol. The Labute approximate surface area is 432 Å². The summed E-state index contributed by atoms with van der Waals surface area (Å²) in [5.41, 5.74) is 0. The van der Waals surface area contributed by atoms with E-state index >= 15 is 0 Å². The molecule has 0 aliphatic heterocycles. The molecule has 0 aliphatic carbocycles. The van der Waals surface area contributed by atoms with Crippen LogP contribution >= 0.6 is 0 Å². The van der Waals surface area contributed by atoms with E-state index in [-0.39, 0.29) is 12.5 Å². The van der Waals surface area contributed by atoms with Gasteiger partial charge in [-0.3, -0.25) is 4.79 Å². The van der Waals surface area contributed by atoms with E-state index in [1.54, 1.807) is 0 Å². The molecule has 0 aromatic carbocycles. The van der Waals surface area contributed by atoms with E-state index in [0.717, 1.165) is 57.8 Å². The molecule has 0 aromatic rings. The van der Waals surface area contributed by atoms with Crippen LogP contribution in [0.15, 0.2) is 60.8 Å². The lowest BCUT2D eigenvalue weighted by Crippen LogP contribution is -2.45. The van der Waals surface area contributed by atoms with Gasteiger partial charge in [-0.2, -0.15) is 0 Å². The normalized spacial score (nSPS) is 13.2. The maximum absolute atomic E-state index is 12.5. The first kappa shape index (κ1) is 67.1. The third-order valence-electron chi connectivity index (χ3n) is 14.3. The number of hydrogen-bond acceptors (Lipinski definition) is 3. The van der Waals surface area contributed by atoms with Crippen molar-refractivity contribution >= 4 is 5.91 Å². The molecule has 3 N–H and O–H groups in total. The zero-order chi connectivity index (χ0) is 49.9. The molecule has 0 fully saturated rings. The van der Waals surface area contributed by atoms with Gasteiger partial charge in [0.15, 0.2) is 0 Å². The smallest absolute Gasteiger partial charge is 0.220 e. The van der Waals surface area contributed by atoms with Crippen molar-refractivity contribution in [2.24, 2.45) is 0 Å². The summed E-state index contributed by atoms with van der Waals surface area (Å²) in [6, 6.07) is -0.541. The standard InChI is InChI=1S/C65H121NO3/c1-3-5-7-9-11-13-15-17-19-21-23-25-27-29-31-33-35-37-39-41-43-45-47-49-51-53-55-57-59-61-65(69)66-63(62-67)64(68)60-58-56-54-52-50-48-46-44-42-40-38-36-34-32-30-28-26-24-22-20-18-16-14-12-10-8-6-4-2/h5,7,11,13,17,19,23,25,29,31,63-64,67-68H,3-4,6,8-10,12,14-16,18,20-22,24,26-28,30,32-62H2,1-2H3,(H,66,69)/b7-5-,13-11-,19-17-,25-23-,31-29-. The highest BCUT2D eigenvalue weighted by atomic mass is 16.3. The molecule has 1 amide bonds. The second kappa shape index (κ2) is 60.4. The molecule has 0 saturated heterocycles. The fourth-order valence-corrected chi connectivity index (χ4v) is 9.63. The van der Waals surface area contributed by atoms with Crippen LogP contribution < -0.4 is 5.32 Å². The lowest BCUT2D eigenvalue weighted by atomic mass is 10.0. The Morgan fingerprint density at radius 2 is 0.638 bits per heavy atom. The molecule has 0 aliphatic rings. The summed E-state index contributed by atoms with van der Waals surface area (Å²) < 4.78 is 0. The molecule has 69 heavy (non-hydrogen) atoms. The van der Waals surface area contributed by atoms with Crippen molar-refractivity contribution in [3.8, 4) is 0 Å². The molecule has 2 unspecified atom stereocenters. The SMILES string of the molecule is CC/C=C\C/C=C\C/C=C\C/C=C\C/C=C\CCCCCCCCCCCCCCCC(=O)NC(CO)C(O)CCCCCCCCCCCCCCCCCCCCCCCCCCCCCC. The summed E-state index contributed by atoms with van der Waals surface area (Å²) in [7, 11) is 0. The number of aliphatic hydroxyl groups excluding tert-OH is 2. The fraction of sp³-hybridized carbons (Fsp3) is 0.831. The molecule has 2 atom stereocenters. The average molecular weight is 965 g/mol. The van der Waals surface area contributed by atoms with Crippen molar-refractivity contribution in [2.45, 2.75) is 341 Å². The Morgan fingerprint density at radius 3 is 0.957 bits per heavy atom. The Balaban J connectivity index is 3.45. The Morgan fingerprint density at radius 1 is 0.362 bits per heavy atom. The van der Waals surface area contributed by atoms with E-state index < -0.39 is 12.1 Å². The van der Waals surface area contributed by atoms with E-state index in [1.807, 2.05) is 0 Å². The van der Waals surface area contributed by atoms with E-state index in [0.29, 0.717) is 12.8 Å². The summed E-state index contributed by atoms with van der Waals surface area (Å²) in [5, 5.41) is 23.4. The quantitative estimate of drug-likeness (QED) is 0.0420. The second-order valence-corrected chi connectivity index (χ2v) is 21.1. The number of aliphatic hydroxyl groups is 2. The first-order chi connectivity index (χ1) is 34.2. The molecule has 0 bridgehead atoms. The molecular formula is C65H121NO3. The maximum atomic E-state index is 12.5. The molecule has 0 rings (SSSR count).